The van der Waals surface area contributed by atoms with Crippen molar-refractivity contribution in [3.63, 3.8) is 0 Å². The number of carbonyl (C=O) groups is 1. The Bertz CT molecular complexity index is 364. The zero-order chi connectivity index (χ0) is 14.2. The van der Waals surface area contributed by atoms with Crippen molar-refractivity contribution in [2.45, 2.75) is 50.0 Å². The lowest BCUT2D eigenvalue weighted by Gasteiger charge is -2.52. The predicted molar refractivity (Wildman–Crippen MR) is 70.5 cm³/mol. The highest BCUT2D eigenvalue weighted by Gasteiger charge is 2.47. The Hall–Kier alpha value is -0.690. The molecule has 0 aromatic heterocycles. The number of hydrogen-bond donors (Lipinski definition) is 1. The Labute approximate surface area is 119 Å². The molecular formula is C14H23NO5. The van der Waals surface area contributed by atoms with Crippen LogP contribution in [0.2, 0.25) is 0 Å². The second kappa shape index (κ2) is 5.26. The van der Waals surface area contributed by atoms with Gasteiger partial charge in [0, 0.05) is 32.0 Å². The van der Waals surface area contributed by atoms with Crippen molar-refractivity contribution >= 4 is 5.97 Å². The average molecular weight is 285 g/mol. The van der Waals surface area contributed by atoms with Crippen LogP contribution in [0, 0.1) is 0 Å². The molecule has 0 atom stereocenters. The third-order valence-corrected chi connectivity index (χ3v) is 4.67. The van der Waals surface area contributed by atoms with Crippen molar-refractivity contribution in [1.82, 2.24) is 4.90 Å². The van der Waals surface area contributed by atoms with Crippen LogP contribution in [-0.2, 0) is 19.0 Å². The van der Waals surface area contributed by atoms with Crippen LogP contribution < -0.4 is 0 Å². The van der Waals surface area contributed by atoms with E-state index in [0.29, 0.717) is 6.04 Å². The third-order valence-electron chi connectivity index (χ3n) is 4.67. The SMILES string of the molecule is CC1(OCC(=O)O)CN(C2CCC3(CC2)OCCO3)C1. The van der Waals surface area contributed by atoms with E-state index in [1.165, 1.54) is 0 Å². The van der Waals surface area contributed by atoms with Crippen molar-refractivity contribution in [3.8, 4) is 0 Å². The van der Waals surface area contributed by atoms with Gasteiger partial charge in [-0.3, -0.25) is 4.90 Å². The van der Waals surface area contributed by atoms with Crippen molar-refractivity contribution < 1.29 is 24.1 Å². The lowest BCUT2D eigenvalue weighted by molar-refractivity contribution is -0.200. The number of carboxylic acids is 1. The molecule has 0 aromatic carbocycles. The average Bonchev–Trinajstić information content (AvgIpc) is 2.83. The van der Waals surface area contributed by atoms with E-state index in [0.717, 1.165) is 52.0 Å². The minimum absolute atomic E-state index is 0.209. The second-order valence-electron chi connectivity index (χ2n) is 6.38. The van der Waals surface area contributed by atoms with Crippen molar-refractivity contribution in [2.24, 2.45) is 0 Å². The second-order valence-corrected chi connectivity index (χ2v) is 6.38. The van der Waals surface area contributed by atoms with E-state index in [2.05, 4.69) is 4.90 Å². The summed E-state index contributed by atoms with van der Waals surface area (Å²) in [6.07, 6.45) is 4.08. The van der Waals surface area contributed by atoms with Crippen LogP contribution in [0.25, 0.3) is 0 Å². The van der Waals surface area contributed by atoms with Gasteiger partial charge in [-0.25, -0.2) is 4.79 Å². The highest BCUT2D eigenvalue weighted by Crippen LogP contribution is 2.39. The summed E-state index contributed by atoms with van der Waals surface area (Å²) >= 11 is 0. The van der Waals surface area contributed by atoms with Crippen LogP contribution in [0.1, 0.15) is 32.6 Å². The van der Waals surface area contributed by atoms with E-state index in [4.69, 9.17) is 19.3 Å². The number of likely N-dealkylation sites (tertiary alicyclic amines) is 1. The maximum absolute atomic E-state index is 10.5. The summed E-state index contributed by atoms with van der Waals surface area (Å²) in [6.45, 7) is 4.85. The van der Waals surface area contributed by atoms with Crippen LogP contribution in [0.15, 0.2) is 0 Å². The molecule has 2 aliphatic heterocycles. The molecule has 0 amide bonds. The van der Waals surface area contributed by atoms with Gasteiger partial charge in [0.1, 0.15) is 6.61 Å². The normalized spacial score (nSPS) is 29.4. The monoisotopic (exact) mass is 285 g/mol. The van der Waals surface area contributed by atoms with Crippen LogP contribution in [0.5, 0.6) is 0 Å². The summed E-state index contributed by atoms with van der Waals surface area (Å²) in [5, 5.41) is 8.66. The Balaban J connectivity index is 1.43. The summed E-state index contributed by atoms with van der Waals surface area (Å²) in [4.78, 5) is 12.9. The zero-order valence-corrected chi connectivity index (χ0v) is 12.0. The number of rotatable bonds is 4. The van der Waals surface area contributed by atoms with E-state index in [1.807, 2.05) is 6.92 Å². The van der Waals surface area contributed by atoms with Gasteiger partial charge in [-0.2, -0.15) is 0 Å². The number of nitrogens with zero attached hydrogens (tertiary/aromatic N) is 1. The fourth-order valence-electron chi connectivity index (χ4n) is 3.59. The predicted octanol–water partition coefficient (Wildman–Crippen LogP) is 0.848. The minimum Gasteiger partial charge on any atom is -0.480 e. The summed E-state index contributed by atoms with van der Waals surface area (Å²) in [7, 11) is 0. The first-order valence-electron chi connectivity index (χ1n) is 7.38. The summed E-state index contributed by atoms with van der Waals surface area (Å²) < 4.78 is 16.9. The maximum Gasteiger partial charge on any atom is 0.329 e. The van der Waals surface area contributed by atoms with Gasteiger partial charge in [0.2, 0.25) is 0 Å². The van der Waals surface area contributed by atoms with Gasteiger partial charge in [-0.15, -0.1) is 0 Å². The van der Waals surface area contributed by atoms with E-state index in [1.54, 1.807) is 0 Å². The largest absolute Gasteiger partial charge is 0.480 e. The highest BCUT2D eigenvalue weighted by atomic mass is 16.7. The van der Waals surface area contributed by atoms with Gasteiger partial charge in [0.25, 0.3) is 0 Å². The van der Waals surface area contributed by atoms with E-state index in [-0.39, 0.29) is 18.0 Å². The molecule has 6 nitrogen and oxygen atoms in total. The van der Waals surface area contributed by atoms with Gasteiger partial charge in [0.15, 0.2) is 5.79 Å². The molecule has 0 aromatic rings. The molecule has 1 spiro atoms. The molecule has 3 rings (SSSR count). The summed E-state index contributed by atoms with van der Waals surface area (Å²) in [6, 6.07) is 0.551. The molecule has 3 fully saturated rings. The van der Waals surface area contributed by atoms with Crippen LogP contribution >= 0.6 is 0 Å². The molecule has 114 valence electrons. The van der Waals surface area contributed by atoms with E-state index < -0.39 is 5.97 Å². The van der Waals surface area contributed by atoms with Crippen molar-refractivity contribution in [1.29, 1.82) is 0 Å². The van der Waals surface area contributed by atoms with Crippen molar-refractivity contribution in [2.75, 3.05) is 32.9 Å². The molecule has 6 heteroatoms. The lowest BCUT2D eigenvalue weighted by atomic mass is 9.84. The molecule has 0 bridgehead atoms. The standard InChI is InChI=1S/C14H23NO5/c1-13(20-8-12(16)17)9-15(10-13)11-2-4-14(5-3-11)18-6-7-19-14/h11H,2-10H2,1H3,(H,16,17). The molecule has 3 aliphatic rings. The summed E-state index contributed by atoms with van der Waals surface area (Å²) in [5.74, 6) is -1.20. The fraction of sp³-hybridized carbons (Fsp3) is 0.929. The molecule has 2 heterocycles. The molecule has 20 heavy (non-hydrogen) atoms. The minimum atomic E-state index is -0.903. The molecule has 1 saturated carbocycles. The fourth-order valence-corrected chi connectivity index (χ4v) is 3.59. The van der Waals surface area contributed by atoms with E-state index in [9.17, 15) is 4.79 Å². The van der Waals surface area contributed by atoms with Gasteiger partial charge in [0.05, 0.1) is 18.8 Å². The Morgan fingerprint density at radius 2 is 1.90 bits per heavy atom. The third kappa shape index (κ3) is 2.83. The topological polar surface area (TPSA) is 68.2 Å². The quantitative estimate of drug-likeness (QED) is 0.826. The first-order chi connectivity index (χ1) is 9.50. The highest BCUT2D eigenvalue weighted by molar-refractivity contribution is 5.68. The lowest BCUT2D eigenvalue weighted by Crippen LogP contribution is -2.65. The van der Waals surface area contributed by atoms with Crippen LogP contribution in [0.4, 0.5) is 0 Å². The number of aliphatic carboxylic acids is 1. The number of carboxylic acid groups (broad SMARTS) is 1. The Kier molecular flexibility index (Phi) is 3.75. The summed E-state index contributed by atoms with van der Waals surface area (Å²) in [5.41, 5.74) is -0.298. The van der Waals surface area contributed by atoms with Gasteiger partial charge in [-0.1, -0.05) is 0 Å². The maximum atomic E-state index is 10.5. The van der Waals surface area contributed by atoms with Gasteiger partial charge in [-0.05, 0) is 19.8 Å². The van der Waals surface area contributed by atoms with Gasteiger partial charge < -0.3 is 19.3 Å². The van der Waals surface area contributed by atoms with Crippen molar-refractivity contribution in [3.05, 3.63) is 0 Å². The molecule has 2 saturated heterocycles. The molecular weight excluding hydrogens is 262 g/mol. The van der Waals surface area contributed by atoms with Gasteiger partial charge >= 0.3 is 5.97 Å². The smallest absolute Gasteiger partial charge is 0.329 e. The Morgan fingerprint density at radius 1 is 1.30 bits per heavy atom. The molecule has 0 unspecified atom stereocenters. The van der Waals surface area contributed by atoms with Crippen LogP contribution in [-0.4, -0.2) is 66.3 Å². The first-order valence-corrected chi connectivity index (χ1v) is 7.38. The number of ether oxygens (including phenoxy) is 3. The Morgan fingerprint density at radius 3 is 2.45 bits per heavy atom. The zero-order valence-electron chi connectivity index (χ0n) is 12.0. The molecule has 1 N–H and O–H groups in total. The van der Waals surface area contributed by atoms with E-state index >= 15 is 0 Å². The molecule has 0 radical (unpaired) electrons. The first kappa shape index (κ1) is 14.3. The number of hydrogen-bond acceptors (Lipinski definition) is 5. The molecule has 1 aliphatic carbocycles. The van der Waals surface area contributed by atoms with Crippen LogP contribution in [0.3, 0.4) is 0 Å².